The molecule has 0 aliphatic carbocycles. The maximum Gasteiger partial charge on any atom is 0.123 e. The average molecular weight is 328 g/mol. The van der Waals surface area contributed by atoms with Crippen LogP contribution in [-0.4, -0.2) is 7.05 Å². The molecule has 1 aromatic carbocycles. The first-order chi connectivity index (χ1) is 8.60. The van der Waals surface area contributed by atoms with Crippen molar-refractivity contribution >= 4 is 27.3 Å². The van der Waals surface area contributed by atoms with Crippen LogP contribution in [0.2, 0.25) is 0 Å². The highest BCUT2D eigenvalue weighted by Gasteiger charge is 2.14. The predicted octanol–water partition coefficient (Wildman–Crippen LogP) is 4.46. The summed E-state index contributed by atoms with van der Waals surface area (Å²) in [5.74, 6) is -0.176. The molecule has 1 N–H and O–H groups in total. The fourth-order valence-corrected chi connectivity index (χ4v) is 3.56. The van der Waals surface area contributed by atoms with Crippen LogP contribution in [0.15, 0.2) is 34.1 Å². The number of hydrogen-bond acceptors (Lipinski definition) is 2. The number of aryl methyl sites for hydroxylation is 1. The van der Waals surface area contributed by atoms with Crippen molar-refractivity contribution in [3.8, 4) is 0 Å². The number of rotatable bonds is 4. The van der Waals surface area contributed by atoms with Gasteiger partial charge in [0.25, 0.3) is 0 Å². The monoisotopic (exact) mass is 327 g/mol. The van der Waals surface area contributed by atoms with E-state index in [9.17, 15) is 4.39 Å². The van der Waals surface area contributed by atoms with Gasteiger partial charge in [-0.2, -0.15) is 0 Å². The number of benzene rings is 1. The predicted molar refractivity (Wildman–Crippen MR) is 78.7 cm³/mol. The Morgan fingerprint density at radius 2 is 2.17 bits per heavy atom. The average Bonchev–Trinajstić information content (AvgIpc) is 2.72. The van der Waals surface area contributed by atoms with Crippen molar-refractivity contribution in [2.24, 2.45) is 0 Å². The summed E-state index contributed by atoms with van der Waals surface area (Å²) in [5.41, 5.74) is 2.15. The molecule has 96 valence electrons. The van der Waals surface area contributed by atoms with Gasteiger partial charge in [-0.1, -0.05) is 6.07 Å². The van der Waals surface area contributed by atoms with Gasteiger partial charge in [0.1, 0.15) is 5.82 Å². The highest BCUT2D eigenvalue weighted by molar-refractivity contribution is 9.10. The first-order valence-corrected chi connectivity index (χ1v) is 7.43. The molecule has 1 heterocycles. The van der Waals surface area contributed by atoms with Crippen molar-refractivity contribution in [2.45, 2.75) is 19.4 Å². The molecule has 0 fully saturated rings. The number of thiophene rings is 1. The molecule has 1 atom stereocenters. The lowest BCUT2D eigenvalue weighted by molar-refractivity contribution is 0.585. The van der Waals surface area contributed by atoms with E-state index < -0.39 is 0 Å². The molecule has 0 spiro atoms. The van der Waals surface area contributed by atoms with E-state index in [1.807, 2.05) is 20.0 Å². The maximum atomic E-state index is 13.1. The molecule has 2 rings (SSSR count). The second-order valence-corrected chi connectivity index (χ2v) is 6.19. The second kappa shape index (κ2) is 5.95. The van der Waals surface area contributed by atoms with Gasteiger partial charge < -0.3 is 5.32 Å². The highest BCUT2D eigenvalue weighted by atomic mass is 79.9. The Morgan fingerprint density at radius 1 is 1.39 bits per heavy atom. The van der Waals surface area contributed by atoms with Crippen LogP contribution in [0.3, 0.4) is 0 Å². The molecule has 0 saturated heterocycles. The van der Waals surface area contributed by atoms with Crippen molar-refractivity contribution in [3.05, 3.63) is 55.9 Å². The van der Waals surface area contributed by atoms with Crippen LogP contribution in [-0.2, 0) is 6.42 Å². The zero-order valence-electron chi connectivity index (χ0n) is 10.3. The van der Waals surface area contributed by atoms with Crippen LogP contribution < -0.4 is 5.32 Å². The lowest BCUT2D eigenvalue weighted by atomic mass is 9.98. The highest BCUT2D eigenvalue weighted by Crippen LogP contribution is 2.27. The van der Waals surface area contributed by atoms with E-state index in [0.717, 1.165) is 22.0 Å². The Kier molecular flexibility index (Phi) is 4.54. The molecule has 1 unspecified atom stereocenters. The zero-order valence-corrected chi connectivity index (χ0v) is 12.7. The smallest absolute Gasteiger partial charge is 0.123 e. The SMILES string of the molecule is CNC(Cc1cc(Br)cs1)c1ccc(F)cc1C. The molecule has 0 aliphatic heterocycles. The summed E-state index contributed by atoms with van der Waals surface area (Å²) in [6, 6.07) is 7.33. The summed E-state index contributed by atoms with van der Waals surface area (Å²) in [6.45, 7) is 1.95. The summed E-state index contributed by atoms with van der Waals surface area (Å²) >= 11 is 5.20. The largest absolute Gasteiger partial charge is 0.313 e. The summed E-state index contributed by atoms with van der Waals surface area (Å²) in [4.78, 5) is 1.31. The first kappa shape index (κ1) is 13.7. The molecular weight excluding hydrogens is 313 g/mol. The lowest BCUT2D eigenvalue weighted by Crippen LogP contribution is -2.19. The molecule has 0 aliphatic rings. The second-order valence-electron chi connectivity index (χ2n) is 4.28. The normalized spacial score (nSPS) is 12.7. The van der Waals surface area contributed by atoms with E-state index in [1.54, 1.807) is 17.4 Å². The first-order valence-electron chi connectivity index (χ1n) is 5.76. The Hall–Kier alpha value is -0.710. The number of halogens is 2. The molecule has 18 heavy (non-hydrogen) atoms. The van der Waals surface area contributed by atoms with Gasteiger partial charge in [0, 0.05) is 27.2 Å². The quantitative estimate of drug-likeness (QED) is 0.874. The zero-order chi connectivity index (χ0) is 13.1. The van der Waals surface area contributed by atoms with Crippen LogP contribution in [0, 0.1) is 12.7 Å². The van der Waals surface area contributed by atoms with Gasteiger partial charge in [0.15, 0.2) is 0 Å². The molecule has 1 nitrogen and oxygen atoms in total. The maximum absolute atomic E-state index is 13.1. The summed E-state index contributed by atoms with van der Waals surface area (Å²) < 4.78 is 14.2. The van der Waals surface area contributed by atoms with E-state index in [4.69, 9.17) is 0 Å². The topological polar surface area (TPSA) is 12.0 Å². The minimum absolute atomic E-state index is 0.176. The molecule has 4 heteroatoms. The Bertz CT molecular complexity index is 538. The molecule has 0 amide bonds. The fraction of sp³-hybridized carbons (Fsp3) is 0.286. The third-order valence-electron chi connectivity index (χ3n) is 2.98. The molecule has 0 saturated carbocycles. The molecule has 2 aromatic rings. The van der Waals surface area contributed by atoms with Crippen LogP contribution in [0.1, 0.15) is 22.0 Å². The number of hydrogen-bond donors (Lipinski definition) is 1. The molecule has 0 bridgehead atoms. The van der Waals surface area contributed by atoms with Crippen molar-refractivity contribution in [2.75, 3.05) is 7.05 Å². The Labute approximate surface area is 119 Å². The standard InChI is InChI=1S/C14H15BrFNS/c1-9-5-11(16)3-4-13(9)14(17-2)7-12-6-10(15)8-18-12/h3-6,8,14,17H,7H2,1-2H3. The van der Waals surface area contributed by atoms with Crippen LogP contribution >= 0.6 is 27.3 Å². The van der Waals surface area contributed by atoms with Gasteiger partial charge in [-0.3, -0.25) is 0 Å². The third-order valence-corrected chi connectivity index (χ3v) is 4.70. The van der Waals surface area contributed by atoms with E-state index in [2.05, 4.69) is 32.7 Å². The minimum Gasteiger partial charge on any atom is -0.313 e. The third kappa shape index (κ3) is 3.19. The fourth-order valence-electron chi connectivity index (χ4n) is 2.06. The van der Waals surface area contributed by atoms with Gasteiger partial charge >= 0.3 is 0 Å². The van der Waals surface area contributed by atoms with Gasteiger partial charge in [-0.05, 0) is 59.2 Å². The van der Waals surface area contributed by atoms with Crippen LogP contribution in [0.4, 0.5) is 4.39 Å². The van der Waals surface area contributed by atoms with E-state index in [-0.39, 0.29) is 11.9 Å². The lowest BCUT2D eigenvalue weighted by Gasteiger charge is -2.18. The van der Waals surface area contributed by atoms with E-state index in [1.165, 1.54) is 10.9 Å². The van der Waals surface area contributed by atoms with E-state index >= 15 is 0 Å². The van der Waals surface area contributed by atoms with Crippen LogP contribution in [0.5, 0.6) is 0 Å². The number of nitrogens with one attached hydrogen (secondary N) is 1. The van der Waals surface area contributed by atoms with Gasteiger partial charge in [-0.25, -0.2) is 4.39 Å². The van der Waals surface area contributed by atoms with Crippen LogP contribution in [0.25, 0.3) is 0 Å². The minimum atomic E-state index is -0.176. The summed E-state index contributed by atoms with van der Waals surface area (Å²) in [7, 11) is 1.94. The molecule has 0 radical (unpaired) electrons. The van der Waals surface area contributed by atoms with Crippen molar-refractivity contribution < 1.29 is 4.39 Å². The van der Waals surface area contributed by atoms with Gasteiger partial charge in [-0.15, -0.1) is 11.3 Å². The number of likely N-dealkylation sites (N-methyl/N-ethyl adjacent to an activating group) is 1. The van der Waals surface area contributed by atoms with Crippen molar-refractivity contribution in [1.82, 2.24) is 5.32 Å². The molecule has 1 aromatic heterocycles. The van der Waals surface area contributed by atoms with Gasteiger partial charge in [0.05, 0.1) is 0 Å². The van der Waals surface area contributed by atoms with Crippen molar-refractivity contribution in [3.63, 3.8) is 0 Å². The van der Waals surface area contributed by atoms with Gasteiger partial charge in [0.2, 0.25) is 0 Å². The Balaban J connectivity index is 2.22. The molecular formula is C14H15BrFNS. The van der Waals surface area contributed by atoms with E-state index in [0.29, 0.717) is 0 Å². The van der Waals surface area contributed by atoms with Crippen molar-refractivity contribution in [1.29, 1.82) is 0 Å². The Morgan fingerprint density at radius 3 is 2.72 bits per heavy atom. The summed E-state index contributed by atoms with van der Waals surface area (Å²) in [5, 5.41) is 5.39. The summed E-state index contributed by atoms with van der Waals surface area (Å²) in [6.07, 6.45) is 0.916.